The molecule has 0 aliphatic heterocycles. The molecule has 1 N–H and O–H groups in total. The summed E-state index contributed by atoms with van der Waals surface area (Å²) in [5.41, 5.74) is 1.15. The molecule has 27 heavy (non-hydrogen) atoms. The molecule has 0 unspecified atom stereocenters. The average molecular weight is 385 g/mol. The molecule has 2 rings (SSSR count). The van der Waals surface area contributed by atoms with Crippen LogP contribution in [0.4, 0.5) is 5.69 Å². The number of unbranched alkanes of at least 4 members (excludes halogenated alkanes) is 1. The number of hydrogen-bond acceptors (Lipinski definition) is 4. The second kappa shape index (κ2) is 10.2. The predicted molar refractivity (Wildman–Crippen MR) is 107 cm³/mol. The third kappa shape index (κ3) is 6.05. The molecule has 5 nitrogen and oxygen atoms in total. The fraction of sp³-hybridized carbons (Fsp3) is 0.238. The van der Waals surface area contributed by atoms with E-state index in [0.717, 1.165) is 12.8 Å². The van der Waals surface area contributed by atoms with Crippen LogP contribution in [0.1, 0.15) is 25.3 Å². The summed E-state index contributed by atoms with van der Waals surface area (Å²) in [5, 5.41) is 12.5. The summed E-state index contributed by atoms with van der Waals surface area (Å²) in [7, 11) is 1.55. The zero-order valence-electron chi connectivity index (χ0n) is 15.3. The van der Waals surface area contributed by atoms with E-state index in [9.17, 15) is 10.1 Å². The summed E-state index contributed by atoms with van der Waals surface area (Å²) in [6, 6.07) is 13.9. The van der Waals surface area contributed by atoms with Gasteiger partial charge in [0.2, 0.25) is 0 Å². The van der Waals surface area contributed by atoms with Crippen molar-refractivity contribution in [1.29, 1.82) is 5.26 Å². The minimum Gasteiger partial charge on any atom is -0.493 e. The van der Waals surface area contributed by atoms with Gasteiger partial charge in [0.1, 0.15) is 11.6 Å². The van der Waals surface area contributed by atoms with Gasteiger partial charge in [-0.3, -0.25) is 4.79 Å². The number of nitrogens with zero attached hydrogens (tertiary/aromatic N) is 1. The van der Waals surface area contributed by atoms with Gasteiger partial charge in [-0.1, -0.05) is 37.1 Å². The molecule has 2 aromatic rings. The lowest BCUT2D eigenvalue weighted by Crippen LogP contribution is -2.13. The average Bonchev–Trinajstić information content (AvgIpc) is 2.66. The molecule has 0 aliphatic rings. The summed E-state index contributed by atoms with van der Waals surface area (Å²) in [6.45, 7) is 2.69. The van der Waals surface area contributed by atoms with Crippen LogP contribution in [0.3, 0.4) is 0 Å². The lowest BCUT2D eigenvalue weighted by molar-refractivity contribution is -0.112. The van der Waals surface area contributed by atoms with Crippen molar-refractivity contribution < 1.29 is 14.3 Å². The SMILES string of the molecule is CCCCOc1ccc(/C=C(/C#N)C(=O)Nc2cccc(Cl)c2)cc1OC. The van der Waals surface area contributed by atoms with Gasteiger partial charge < -0.3 is 14.8 Å². The minimum atomic E-state index is -0.512. The number of hydrogen-bond donors (Lipinski definition) is 1. The summed E-state index contributed by atoms with van der Waals surface area (Å²) in [4.78, 5) is 12.4. The van der Waals surface area contributed by atoms with Crippen LogP contribution in [-0.2, 0) is 4.79 Å². The minimum absolute atomic E-state index is 0.0309. The molecule has 0 fully saturated rings. The third-order valence-corrected chi connectivity index (χ3v) is 3.94. The Morgan fingerprint density at radius 2 is 2.07 bits per heavy atom. The molecule has 0 radical (unpaired) electrons. The van der Waals surface area contributed by atoms with Crippen molar-refractivity contribution in [2.24, 2.45) is 0 Å². The van der Waals surface area contributed by atoms with Crippen molar-refractivity contribution in [3.8, 4) is 17.6 Å². The van der Waals surface area contributed by atoms with Crippen LogP contribution in [0.25, 0.3) is 6.08 Å². The smallest absolute Gasteiger partial charge is 0.266 e. The molecular formula is C21H21ClN2O3. The van der Waals surface area contributed by atoms with Gasteiger partial charge in [-0.2, -0.15) is 5.26 Å². The quantitative estimate of drug-likeness (QED) is 0.391. The fourth-order valence-electron chi connectivity index (χ4n) is 2.30. The number of nitrogens with one attached hydrogen (secondary N) is 1. The number of amides is 1. The Labute approximate surface area is 164 Å². The summed E-state index contributed by atoms with van der Waals surface area (Å²) >= 11 is 5.91. The molecular weight excluding hydrogens is 364 g/mol. The lowest BCUT2D eigenvalue weighted by atomic mass is 10.1. The van der Waals surface area contributed by atoms with Crippen molar-refractivity contribution in [3.63, 3.8) is 0 Å². The molecule has 0 bridgehead atoms. The van der Waals surface area contributed by atoms with E-state index >= 15 is 0 Å². The Hall–Kier alpha value is -2.97. The first-order valence-electron chi connectivity index (χ1n) is 8.57. The Bertz CT molecular complexity index is 872. The van der Waals surface area contributed by atoms with Gasteiger partial charge in [-0.25, -0.2) is 0 Å². The maximum atomic E-state index is 12.4. The van der Waals surface area contributed by atoms with Gasteiger partial charge in [0.25, 0.3) is 5.91 Å². The predicted octanol–water partition coefficient (Wildman–Crippen LogP) is 5.07. The molecule has 2 aromatic carbocycles. The highest BCUT2D eigenvalue weighted by Gasteiger charge is 2.11. The van der Waals surface area contributed by atoms with Crippen molar-refractivity contribution in [1.82, 2.24) is 0 Å². The van der Waals surface area contributed by atoms with E-state index < -0.39 is 5.91 Å². The lowest BCUT2D eigenvalue weighted by Gasteiger charge is -2.11. The third-order valence-electron chi connectivity index (χ3n) is 3.70. The summed E-state index contributed by atoms with van der Waals surface area (Å²) < 4.78 is 11.0. The normalized spacial score (nSPS) is 10.8. The second-order valence-electron chi connectivity index (χ2n) is 5.75. The van der Waals surface area contributed by atoms with Gasteiger partial charge in [-0.05, 0) is 48.4 Å². The number of nitriles is 1. The highest BCUT2D eigenvalue weighted by Crippen LogP contribution is 2.29. The Morgan fingerprint density at radius 1 is 1.26 bits per heavy atom. The first-order chi connectivity index (χ1) is 13.1. The van der Waals surface area contributed by atoms with Crippen LogP contribution in [0.2, 0.25) is 5.02 Å². The van der Waals surface area contributed by atoms with Crippen molar-refractivity contribution in [3.05, 3.63) is 58.6 Å². The molecule has 0 atom stereocenters. The van der Waals surface area contributed by atoms with Gasteiger partial charge in [-0.15, -0.1) is 0 Å². The molecule has 0 heterocycles. The van der Waals surface area contributed by atoms with Gasteiger partial charge in [0.05, 0.1) is 13.7 Å². The van der Waals surface area contributed by atoms with Crippen LogP contribution in [0, 0.1) is 11.3 Å². The highest BCUT2D eigenvalue weighted by atomic mass is 35.5. The van der Waals surface area contributed by atoms with Crippen LogP contribution in [-0.4, -0.2) is 19.6 Å². The number of ether oxygens (including phenoxy) is 2. The number of anilines is 1. The number of methoxy groups -OCH3 is 1. The molecule has 0 saturated heterocycles. The van der Waals surface area contributed by atoms with Crippen molar-refractivity contribution in [2.45, 2.75) is 19.8 Å². The zero-order valence-corrected chi connectivity index (χ0v) is 16.0. The number of benzene rings is 2. The monoisotopic (exact) mass is 384 g/mol. The summed E-state index contributed by atoms with van der Waals surface area (Å²) in [5.74, 6) is 0.666. The molecule has 0 spiro atoms. The fourth-order valence-corrected chi connectivity index (χ4v) is 2.49. The Morgan fingerprint density at radius 3 is 2.74 bits per heavy atom. The first-order valence-corrected chi connectivity index (χ1v) is 8.94. The van der Waals surface area contributed by atoms with Crippen LogP contribution in [0.15, 0.2) is 48.0 Å². The Kier molecular flexibility index (Phi) is 7.72. The van der Waals surface area contributed by atoms with E-state index in [2.05, 4.69) is 12.2 Å². The van der Waals surface area contributed by atoms with Crippen LogP contribution >= 0.6 is 11.6 Å². The van der Waals surface area contributed by atoms with Crippen LogP contribution < -0.4 is 14.8 Å². The number of carbonyl (C=O) groups excluding carboxylic acids is 1. The molecule has 0 aliphatic carbocycles. The summed E-state index contributed by atoms with van der Waals surface area (Å²) in [6.07, 6.45) is 3.49. The van der Waals surface area contributed by atoms with E-state index in [4.69, 9.17) is 21.1 Å². The van der Waals surface area contributed by atoms with Crippen LogP contribution in [0.5, 0.6) is 11.5 Å². The van der Waals surface area contributed by atoms with E-state index in [1.165, 1.54) is 6.08 Å². The van der Waals surface area contributed by atoms with Crippen molar-refractivity contribution >= 4 is 29.3 Å². The van der Waals surface area contributed by atoms with E-state index in [1.807, 2.05) is 6.07 Å². The molecule has 0 saturated carbocycles. The second-order valence-corrected chi connectivity index (χ2v) is 6.18. The molecule has 140 valence electrons. The maximum Gasteiger partial charge on any atom is 0.266 e. The standard InChI is InChI=1S/C21H21ClN2O3/c1-3-4-10-27-19-9-8-15(12-20(19)26-2)11-16(14-23)21(25)24-18-7-5-6-17(22)13-18/h5-9,11-13H,3-4,10H2,1-2H3,(H,24,25)/b16-11-. The zero-order chi connectivity index (χ0) is 19.6. The number of halogens is 1. The van der Waals surface area contributed by atoms with E-state index in [0.29, 0.717) is 34.4 Å². The Balaban J connectivity index is 2.18. The van der Waals surface area contributed by atoms with Gasteiger partial charge in [0.15, 0.2) is 11.5 Å². The molecule has 1 amide bonds. The largest absolute Gasteiger partial charge is 0.493 e. The number of rotatable bonds is 8. The van der Waals surface area contributed by atoms with E-state index in [1.54, 1.807) is 49.6 Å². The highest BCUT2D eigenvalue weighted by molar-refractivity contribution is 6.31. The molecule has 0 aromatic heterocycles. The van der Waals surface area contributed by atoms with Crippen molar-refractivity contribution in [2.75, 3.05) is 19.0 Å². The molecule has 6 heteroatoms. The number of carbonyl (C=O) groups is 1. The van der Waals surface area contributed by atoms with Gasteiger partial charge in [0, 0.05) is 10.7 Å². The van der Waals surface area contributed by atoms with Gasteiger partial charge >= 0.3 is 0 Å². The maximum absolute atomic E-state index is 12.4. The first kappa shape index (κ1) is 20.3. The van der Waals surface area contributed by atoms with E-state index in [-0.39, 0.29) is 5.57 Å². The topological polar surface area (TPSA) is 71.3 Å².